The Morgan fingerprint density at radius 3 is 0.703 bits per heavy atom. The van der Waals surface area contributed by atoms with Crippen LogP contribution in [0, 0.1) is 83.1 Å². The quantitative estimate of drug-likeness (QED) is 0.0347. The van der Waals surface area contributed by atoms with Gasteiger partial charge < -0.3 is 60.9 Å². The van der Waals surface area contributed by atoms with Gasteiger partial charge in [-0.3, -0.25) is 0 Å². The van der Waals surface area contributed by atoms with E-state index < -0.39 is 5.97 Å². The molecular weight excluding hydrogens is 1140 g/mol. The Balaban J connectivity index is 0.000000611. The lowest BCUT2D eigenvalue weighted by molar-refractivity contribution is -0.134. The van der Waals surface area contributed by atoms with Gasteiger partial charge in [-0.15, -0.1) is 0 Å². The minimum Gasteiger partial charge on any atom is -0.508 e. The first kappa shape index (κ1) is 79.8. The molecule has 0 heterocycles. The summed E-state index contributed by atoms with van der Waals surface area (Å²) in [7, 11) is 6.31. The largest absolute Gasteiger partial charge is 0.508 e. The van der Waals surface area contributed by atoms with Crippen LogP contribution in [0.1, 0.15) is 135 Å². The molecule has 0 fully saturated rings. The number of ether oxygens (including phenoxy) is 1. The van der Waals surface area contributed by atoms with Crippen LogP contribution in [0.3, 0.4) is 0 Å². The van der Waals surface area contributed by atoms with Gasteiger partial charge in [-0.1, -0.05) is 158 Å². The van der Waals surface area contributed by atoms with Crippen LogP contribution in [0.2, 0.25) is 0 Å². The zero-order valence-electron chi connectivity index (χ0n) is 56.3. The van der Waals surface area contributed by atoms with E-state index in [-0.39, 0.29) is 17.8 Å². The monoisotopic (exact) mass is 1240 g/mol. The van der Waals surface area contributed by atoms with E-state index in [1.807, 2.05) is 150 Å². The van der Waals surface area contributed by atoms with Gasteiger partial charge in [0.25, 0.3) is 0 Å². The third-order valence-corrected chi connectivity index (χ3v) is 14.9. The van der Waals surface area contributed by atoms with Crippen molar-refractivity contribution >= 4 is 5.97 Å². The topological polar surface area (TPSA) is 249 Å². The zero-order valence-corrected chi connectivity index (χ0v) is 56.3. The molecule has 488 valence electrons. The first-order chi connectivity index (χ1) is 43.4. The van der Waals surface area contributed by atoms with Crippen molar-refractivity contribution in [1.29, 1.82) is 0 Å². The Morgan fingerprint density at radius 2 is 0.516 bits per heavy atom. The van der Waals surface area contributed by atoms with Crippen molar-refractivity contribution < 1.29 is 65.7 Å². The molecule has 13 heteroatoms. The van der Waals surface area contributed by atoms with Crippen LogP contribution in [0.5, 0.6) is 34.5 Å². The molecule has 0 atom stereocenters. The van der Waals surface area contributed by atoms with E-state index in [1.54, 1.807) is 0 Å². The predicted octanol–water partition coefficient (Wildman–Crippen LogP) is 14.9. The first-order valence-corrected chi connectivity index (χ1v) is 29.3. The van der Waals surface area contributed by atoms with Gasteiger partial charge >= 0.3 is 5.97 Å². The highest BCUT2D eigenvalue weighted by atomic mass is 16.5. The fourth-order valence-corrected chi connectivity index (χ4v) is 10.6. The first-order valence-electron chi connectivity index (χ1n) is 29.3. The highest BCUT2D eigenvalue weighted by molar-refractivity contribution is 5.81. The molecule has 0 aliphatic heterocycles. The smallest absolute Gasteiger partial charge is 0.329 e. The Kier molecular flexibility index (Phi) is 35.5. The van der Waals surface area contributed by atoms with Gasteiger partial charge in [-0.25, -0.2) is 4.79 Å². The van der Waals surface area contributed by atoms with Crippen molar-refractivity contribution in [3.05, 3.63) is 293 Å². The lowest BCUT2D eigenvalue weighted by atomic mass is 9.80. The molecule has 0 saturated heterocycles. The van der Waals surface area contributed by atoms with Crippen molar-refractivity contribution in [2.24, 2.45) is 0 Å². The van der Waals surface area contributed by atoms with Crippen LogP contribution in [-0.2, 0) is 9.53 Å². The van der Waals surface area contributed by atoms with Gasteiger partial charge in [0.15, 0.2) is 0 Å². The molecule has 9 aromatic carbocycles. The van der Waals surface area contributed by atoms with Crippen molar-refractivity contribution in [1.82, 2.24) is 0 Å². The van der Waals surface area contributed by atoms with Gasteiger partial charge in [-0.2, -0.15) is 0 Å². The molecule has 9 rings (SSSR count). The molecule has 0 radical (unpaired) electrons. The third-order valence-electron chi connectivity index (χ3n) is 14.9. The van der Waals surface area contributed by atoms with Crippen molar-refractivity contribution in [2.45, 2.75) is 101 Å². The van der Waals surface area contributed by atoms with E-state index in [0.29, 0.717) is 34.5 Å². The highest BCUT2D eigenvalue weighted by Crippen LogP contribution is 2.42. The number of aryl methyl sites for hydroxylation is 12. The van der Waals surface area contributed by atoms with Crippen LogP contribution < -0.4 is 0 Å². The number of phenolic OH excluding ortho intramolecular Hbond substituents is 6. The van der Waals surface area contributed by atoms with Crippen LogP contribution >= 0.6 is 0 Å². The van der Waals surface area contributed by atoms with Crippen molar-refractivity contribution in [2.75, 3.05) is 42.7 Å². The molecule has 0 aliphatic rings. The average Bonchev–Trinajstić information content (AvgIpc) is 1.14. The normalized spacial score (nSPS) is 9.91. The second-order valence-electron chi connectivity index (χ2n) is 21.3. The van der Waals surface area contributed by atoms with Crippen molar-refractivity contribution in [3.8, 4) is 34.5 Å². The molecule has 0 amide bonds. The number of carbonyl (C=O) groups excluding carboxylic acids is 1. The van der Waals surface area contributed by atoms with Crippen molar-refractivity contribution in [3.63, 3.8) is 0 Å². The number of aliphatic hydroxyl groups excluding tert-OH is 5. The van der Waals surface area contributed by atoms with Crippen LogP contribution in [0.4, 0.5) is 0 Å². The number of hydrogen-bond donors (Lipinski definition) is 11. The SMILES string of the molecule is C=CC(=O)OC.CO.CO.CO.CO.CO.Cc1cc(C(c2ccccc2)c2cc(C)c(O)c(C)c2)cc(C)c1O.Cc1cc(C(c2ccccc2)c2cc(C)c(O)c(C)c2)cc(C)c1O.Cc1cc(C(c2ccccc2)c2cc(C)c(O)cc2C)c(C)cc1O. The number of rotatable bonds is 10. The number of esters is 1. The van der Waals surface area contributed by atoms with Gasteiger partial charge in [0, 0.05) is 59.4 Å². The molecule has 0 aliphatic carbocycles. The Labute approximate surface area is 540 Å². The molecule has 0 unspecified atom stereocenters. The number of benzene rings is 9. The van der Waals surface area contributed by atoms with Crippen LogP contribution in [-0.4, -0.2) is 105 Å². The van der Waals surface area contributed by atoms with Crippen LogP contribution in [0.25, 0.3) is 0 Å². The fraction of sp³-hybridized carbons (Fsp3) is 0.269. The number of hydrogen-bond acceptors (Lipinski definition) is 13. The maximum Gasteiger partial charge on any atom is 0.329 e. The molecule has 91 heavy (non-hydrogen) atoms. The summed E-state index contributed by atoms with van der Waals surface area (Å²) in [4.78, 5) is 9.84. The molecule has 0 aromatic heterocycles. The van der Waals surface area contributed by atoms with E-state index >= 15 is 0 Å². The van der Waals surface area contributed by atoms with E-state index in [4.69, 9.17) is 25.5 Å². The second-order valence-corrected chi connectivity index (χ2v) is 21.3. The molecule has 0 spiro atoms. The summed E-state index contributed by atoms with van der Waals surface area (Å²) in [5.41, 5.74) is 21.4. The molecule has 11 N–H and O–H groups in total. The summed E-state index contributed by atoms with van der Waals surface area (Å²) >= 11 is 0. The standard InChI is InChI=1S/3C23H24O2.C4H6O2.5CH4O/c1-14-12-21(24)16(3)10-19(14)23(18-8-6-5-7-9-18)20-11-17(4)22(25)13-15(20)2;2*1-14-10-19(11-15(2)22(14)24)21(18-8-6-5-7-9-18)20-12-16(3)23(25)17(4)13-20;1-3-4(5)6-2;5*1-2/h5-13,23-25H,1-4H3;2*5-13,21,24-25H,1-4H3;3H,1H2,2H3;5*2H,1H3. The van der Waals surface area contributed by atoms with Crippen LogP contribution in [0.15, 0.2) is 176 Å². The summed E-state index contributed by atoms with van der Waals surface area (Å²) in [6.07, 6.45) is 1.11. The van der Waals surface area contributed by atoms with Gasteiger partial charge in [0.05, 0.1) is 7.11 Å². The molecule has 0 saturated carbocycles. The van der Waals surface area contributed by atoms with Gasteiger partial charge in [0.1, 0.15) is 34.5 Å². The Hall–Kier alpha value is -9.21. The summed E-state index contributed by atoms with van der Waals surface area (Å²) in [6.45, 7) is 26.5. The van der Waals surface area contributed by atoms with Gasteiger partial charge in [-0.05, 0) is 212 Å². The number of carbonyl (C=O) groups is 1. The maximum absolute atomic E-state index is 10.1. The lowest BCUT2D eigenvalue weighted by Gasteiger charge is -2.24. The molecular formula is C78H98O13. The third kappa shape index (κ3) is 22.1. The minimum atomic E-state index is -0.394. The van der Waals surface area contributed by atoms with E-state index in [9.17, 15) is 35.4 Å². The number of aliphatic hydroxyl groups is 5. The Morgan fingerprint density at radius 1 is 0.308 bits per heavy atom. The number of aromatic hydroxyl groups is 6. The summed E-state index contributed by atoms with van der Waals surface area (Å²) in [6, 6.07) is 55.3. The number of methoxy groups -OCH3 is 1. The maximum atomic E-state index is 10.1. The average molecular weight is 1240 g/mol. The fourth-order valence-electron chi connectivity index (χ4n) is 10.6. The highest BCUT2D eigenvalue weighted by Gasteiger charge is 2.24. The molecule has 9 aromatic rings. The van der Waals surface area contributed by atoms with E-state index in [0.717, 1.165) is 131 Å². The van der Waals surface area contributed by atoms with E-state index in [2.05, 4.69) is 108 Å². The van der Waals surface area contributed by atoms with E-state index in [1.165, 1.54) is 34.9 Å². The molecule has 13 nitrogen and oxygen atoms in total. The zero-order chi connectivity index (χ0) is 69.4. The Bertz CT molecular complexity index is 3250. The minimum absolute atomic E-state index is 0.0530. The summed E-state index contributed by atoms with van der Waals surface area (Å²) < 4.78 is 4.14. The predicted molar refractivity (Wildman–Crippen MR) is 371 cm³/mol. The summed E-state index contributed by atoms with van der Waals surface area (Å²) in [5.74, 6) is 1.84. The van der Waals surface area contributed by atoms with Gasteiger partial charge in [0.2, 0.25) is 0 Å². The molecule has 0 bridgehead atoms. The summed E-state index contributed by atoms with van der Waals surface area (Å²) in [5, 5.41) is 95.7. The lowest BCUT2D eigenvalue weighted by Crippen LogP contribution is -2.08. The number of phenols is 6. The second kappa shape index (κ2) is 40.4.